The zero-order valence-electron chi connectivity index (χ0n) is 22.8. The summed E-state index contributed by atoms with van der Waals surface area (Å²) in [6.45, 7) is 3.39. The van der Waals surface area contributed by atoms with Gasteiger partial charge in [0.05, 0.1) is 53.7 Å². The molecule has 4 aromatic rings. The summed E-state index contributed by atoms with van der Waals surface area (Å²) in [5.74, 6) is -0.855. The van der Waals surface area contributed by atoms with Crippen molar-refractivity contribution in [1.82, 2.24) is 19.6 Å². The quantitative estimate of drug-likeness (QED) is 0.295. The highest BCUT2D eigenvalue weighted by atomic mass is 19.1. The molecule has 0 bridgehead atoms. The standard InChI is InChI=1S/C30H34F2N6O3/c1-17-10-19(13-25(33)29(17)39)22-4-7-34-15-27(22)36-30-35-14-20-2-3-26(37-38(20)30)28-23(31)11-18(12-24(28)32)16-41-21-5-8-40-9-6-21/h2-4,7,11-12,14-15,17,19,21,25,29,39H,5-6,8-10,13,16,33H2,1H3,(H,35,36)/t17-,19+,25+,29-/m0/s1. The molecule has 41 heavy (non-hydrogen) atoms. The first-order chi connectivity index (χ1) is 19.9. The van der Waals surface area contributed by atoms with Gasteiger partial charge >= 0.3 is 0 Å². The predicted octanol–water partition coefficient (Wildman–Crippen LogP) is 4.71. The van der Waals surface area contributed by atoms with Crippen molar-refractivity contribution < 1.29 is 23.4 Å². The van der Waals surface area contributed by atoms with E-state index in [-0.39, 0.29) is 41.8 Å². The highest BCUT2D eigenvalue weighted by Gasteiger charge is 2.34. The molecule has 4 heterocycles. The average Bonchev–Trinajstić information content (AvgIpc) is 3.37. The molecule has 1 saturated heterocycles. The molecule has 4 N–H and O–H groups in total. The third kappa shape index (κ3) is 5.80. The van der Waals surface area contributed by atoms with Gasteiger partial charge in [-0.25, -0.2) is 13.8 Å². The number of hydrogen-bond donors (Lipinski definition) is 3. The topological polar surface area (TPSA) is 120 Å². The number of halogens is 2. The van der Waals surface area contributed by atoms with E-state index in [4.69, 9.17) is 15.2 Å². The van der Waals surface area contributed by atoms with Gasteiger partial charge in [0, 0.05) is 25.5 Å². The molecule has 0 unspecified atom stereocenters. The van der Waals surface area contributed by atoms with Crippen LogP contribution >= 0.6 is 0 Å². The Morgan fingerprint density at radius 3 is 2.66 bits per heavy atom. The Kier molecular flexibility index (Phi) is 7.94. The average molecular weight is 565 g/mol. The summed E-state index contributed by atoms with van der Waals surface area (Å²) < 4.78 is 43.2. The molecular weight excluding hydrogens is 530 g/mol. The van der Waals surface area contributed by atoms with E-state index in [0.29, 0.717) is 36.7 Å². The Morgan fingerprint density at radius 2 is 1.90 bits per heavy atom. The molecule has 4 atom stereocenters. The second-order valence-corrected chi connectivity index (χ2v) is 11.1. The van der Waals surface area contributed by atoms with Crippen LogP contribution in [-0.2, 0) is 16.1 Å². The number of aromatic nitrogens is 4. The van der Waals surface area contributed by atoms with Gasteiger partial charge < -0.3 is 25.6 Å². The molecular formula is C30H34F2N6O3. The largest absolute Gasteiger partial charge is 0.391 e. The van der Waals surface area contributed by atoms with E-state index in [2.05, 4.69) is 20.4 Å². The molecule has 3 aromatic heterocycles. The maximum atomic E-state index is 15.3. The Balaban J connectivity index is 1.25. The minimum atomic E-state index is -0.712. The first-order valence-corrected chi connectivity index (χ1v) is 14.0. The van der Waals surface area contributed by atoms with Crippen LogP contribution in [0.25, 0.3) is 16.8 Å². The van der Waals surface area contributed by atoms with Gasteiger partial charge in [-0.1, -0.05) is 6.92 Å². The summed E-state index contributed by atoms with van der Waals surface area (Å²) in [4.78, 5) is 8.74. The van der Waals surface area contributed by atoms with Crippen LogP contribution in [0.4, 0.5) is 20.4 Å². The minimum Gasteiger partial charge on any atom is -0.391 e. The van der Waals surface area contributed by atoms with E-state index >= 15 is 8.78 Å². The van der Waals surface area contributed by atoms with E-state index in [1.165, 1.54) is 16.6 Å². The van der Waals surface area contributed by atoms with Gasteiger partial charge in [0.2, 0.25) is 5.95 Å². The maximum Gasteiger partial charge on any atom is 0.229 e. The Morgan fingerprint density at radius 1 is 1.12 bits per heavy atom. The second-order valence-electron chi connectivity index (χ2n) is 11.1. The maximum absolute atomic E-state index is 15.3. The van der Waals surface area contributed by atoms with E-state index in [0.717, 1.165) is 30.5 Å². The monoisotopic (exact) mass is 564 g/mol. The number of nitrogens with zero attached hydrogens (tertiary/aromatic N) is 4. The van der Waals surface area contributed by atoms with Crippen molar-refractivity contribution in [2.24, 2.45) is 11.7 Å². The van der Waals surface area contributed by atoms with Crippen LogP contribution in [0.15, 0.2) is 48.9 Å². The Bertz CT molecular complexity index is 1490. The fraction of sp³-hybridized carbons (Fsp3) is 0.433. The van der Waals surface area contributed by atoms with Crippen molar-refractivity contribution in [3.8, 4) is 11.3 Å². The van der Waals surface area contributed by atoms with Crippen LogP contribution in [0, 0.1) is 17.6 Å². The lowest BCUT2D eigenvalue weighted by Crippen LogP contribution is -2.44. The number of imidazole rings is 1. The lowest BCUT2D eigenvalue weighted by atomic mass is 9.74. The zero-order chi connectivity index (χ0) is 28.5. The number of ether oxygens (including phenoxy) is 2. The molecule has 216 valence electrons. The summed E-state index contributed by atoms with van der Waals surface area (Å²) in [7, 11) is 0. The summed E-state index contributed by atoms with van der Waals surface area (Å²) in [5.41, 5.74) is 8.98. The SMILES string of the molecule is C[C@H]1C[C@@H](c2ccncc2Nc2ncc3ccc(-c4c(F)cc(COC5CCOCC5)cc4F)nn23)C[C@@H](N)[C@H]1O. The number of aliphatic hydroxyl groups excluding tert-OH is 1. The van der Waals surface area contributed by atoms with Crippen molar-refractivity contribution in [3.05, 3.63) is 71.7 Å². The lowest BCUT2D eigenvalue weighted by molar-refractivity contribution is -0.0391. The smallest absolute Gasteiger partial charge is 0.229 e. The first kappa shape index (κ1) is 27.6. The van der Waals surface area contributed by atoms with Crippen molar-refractivity contribution in [1.29, 1.82) is 0 Å². The molecule has 0 radical (unpaired) electrons. The van der Waals surface area contributed by atoms with E-state index < -0.39 is 17.7 Å². The zero-order valence-corrected chi connectivity index (χ0v) is 22.8. The molecule has 1 aliphatic heterocycles. The summed E-state index contributed by atoms with van der Waals surface area (Å²) >= 11 is 0. The van der Waals surface area contributed by atoms with E-state index in [1.54, 1.807) is 30.7 Å². The molecule has 1 aromatic carbocycles. The van der Waals surface area contributed by atoms with Crippen LogP contribution in [-0.4, -0.2) is 56.2 Å². The number of fused-ring (bicyclic) bond motifs is 1. The minimum absolute atomic E-state index is 0.0240. The molecule has 6 rings (SSSR count). The number of pyridine rings is 1. The van der Waals surface area contributed by atoms with Gasteiger partial charge in [0.25, 0.3) is 0 Å². The van der Waals surface area contributed by atoms with Crippen LogP contribution in [0.3, 0.4) is 0 Å². The third-order valence-corrected chi connectivity index (χ3v) is 8.17. The van der Waals surface area contributed by atoms with Gasteiger partial charge in [0.15, 0.2) is 0 Å². The van der Waals surface area contributed by atoms with Crippen molar-refractivity contribution in [2.45, 2.75) is 63.4 Å². The number of anilines is 2. The van der Waals surface area contributed by atoms with Gasteiger partial charge in [-0.05, 0) is 79.0 Å². The molecule has 2 fully saturated rings. The molecule has 0 amide bonds. The van der Waals surface area contributed by atoms with Crippen molar-refractivity contribution in [2.75, 3.05) is 18.5 Å². The fourth-order valence-electron chi connectivity index (χ4n) is 5.93. The summed E-state index contributed by atoms with van der Waals surface area (Å²) in [6, 6.07) is 7.51. The summed E-state index contributed by atoms with van der Waals surface area (Å²) in [6.07, 6.45) is 7.53. The molecule has 1 aliphatic carbocycles. The van der Waals surface area contributed by atoms with Crippen LogP contribution in [0.2, 0.25) is 0 Å². The highest BCUT2D eigenvalue weighted by Crippen LogP contribution is 2.39. The first-order valence-electron chi connectivity index (χ1n) is 14.0. The van der Waals surface area contributed by atoms with E-state index in [1.807, 2.05) is 13.0 Å². The number of nitrogens with two attached hydrogens (primary N) is 1. The third-order valence-electron chi connectivity index (χ3n) is 8.17. The normalized spacial score (nSPS) is 23.6. The second kappa shape index (κ2) is 11.8. The lowest BCUT2D eigenvalue weighted by Gasteiger charge is -2.36. The number of aliphatic hydroxyl groups is 1. The molecule has 11 heteroatoms. The van der Waals surface area contributed by atoms with Gasteiger partial charge in [-0.3, -0.25) is 4.98 Å². The van der Waals surface area contributed by atoms with Gasteiger partial charge in [-0.15, -0.1) is 0 Å². The number of rotatable bonds is 7. The summed E-state index contributed by atoms with van der Waals surface area (Å²) in [5, 5.41) is 18.2. The fourth-order valence-corrected chi connectivity index (χ4v) is 5.93. The van der Waals surface area contributed by atoms with Crippen LogP contribution < -0.4 is 11.1 Å². The molecule has 1 saturated carbocycles. The van der Waals surface area contributed by atoms with Crippen molar-refractivity contribution in [3.63, 3.8) is 0 Å². The number of nitrogens with one attached hydrogen (secondary N) is 1. The van der Waals surface area contributed by atoms with Gasteiger partial charge in [0.1, 0.15) is 11.6 Å². The predicted molar refractivity (Wildman–Crippen MR) is 150 cm³/mol. The molecule has 0 spiro atoms. The van der Waals surface area contributed by atoms with Crippen LogP contribution in [0.5, 0.6) is 0 Å². The number of benzene rings is 1. The number of hydrogen-bond acceptors (Lipinski definition) is 8. The molecule has 9 nitrogen and oxygen atoms in total. The Labute approximate surface area is 236 Å². The Hall–Kier alpha value is -3.51. The van der Waals surface area contributed by atoms with Crippen LogP contribution in [0.1, 0.15) is 49.7 Å². The highest BCUT2D eigenvalue weighted by molar-refractivity contribution is 5.66. The van der Waals surface area contributed by atoms with E-state index in [9.17, 15) is 5.11 Å². The molecule has 2 aliphatic rings. The van der Waals surface area contributed by atoms with Gasteiger partial charge in [-0.2, -0.15) is 9.61 Å². The van der Waals surface area contributed by atoms with Crippen molar-refractivity contribution >= 4 is 17.2 Å².